The maximum Gasteiger partial charge on any atom is 0.330 e. The minimum Gasteiger partial charge on any atom is -0.463 e. The van der Waals surface area contributed by atoms with Crippen molar-refractivity contribution in [2.45, 2.75) is 33.6 Å². The topological polar surface area (TPSA) is 26.3 Å². The highest BCUT2D eigenvalue weighted by atomic mass is 16.5. The van der Waals surface area contributed by atoms with Gasteiger partial charge in [0.05, 0.1) is 6.61 Å². The number of carbonyl (C=O) groups is 1. The SMILES string of the molecule is CCOC(=O)C=C(CC)CC. The summed E-state index contributed by atoms with van der Waals surface area (Å²) in [6.45, 7) is 6.34. The van der Waals surface area contributed by atoms with E-state index in [1.807, 2.05) is 20.8 Å². The van der Waals surface area contributed by atoms with E-state index in [4.69, 9.17) is 4.74 Å². The van der Waals surface area contributed by atoms with Crippen LogP contribution in [0.5, 0.6) is 0 Å². The van der Waals surface area contributed by atoms with Crippen LogP contribution in [-0.4, -0.2) is 12.6 Å². The van der Waals surface area contributed by atoms with Crippen molar-refractivity contribution in [1.82, 2.24) is 0 Å². The summed E-state index contributed by atoms with van der Waals surface area (Å²) in [6, 6.07) is 0. The van der Waals surface area contributed by atoms with Crippen LogP contribution in [0.1, 0.15) is 33.6 Å². The fraction of sp³-hybridized carbons (Fsp3) is 0.667. The van der Waals surface area contributed by atoms with Crippen LogP contribution in [0.4, 0.5) is 0 Å². The zero-order valence-corrected chi connectivity index (χ0v) is 7.52. The van der Waals surface area contributed by atoms with Crippen LogP contribution < -0.4 is 0 Å². The number of esters is 1. The van der Waals surface area contributed by atoms with Gasteiger partial charge in [-0.3, -0.25) is 0 Å². The number of hydrogen-bond acceptors (Lipinski definition) is 2. The Kier molecular flexibility index (Phi) is 5.53. The van der Waals surface area contributed by atoms with Crippen molar-refractivity contribution in [1.29, 1.82) is 0 Å². The Hall–Kier alpha value is -0.790. The second-order valence-electron chi connectivity index (χ2n) is 2.26. The molecular formula is C9H16O2. The van der Waals surface area contributed by atoms with Crippen molar-refractivity contribution in [3.63, 3.8) is 0 Å². The maximum atomic E-state index is 10.9. The lowest BCUT2D eigenvalue weighted by Crippen LogP contribution is -2.00. The fourth-order valence-electron chi connectivity index (χ4n) is 0.805. The van der Waals surface area contributed by atoms with Gasteiger partial charge in [0.25, 0.3) is 0 Å². The third-order valence-electron chi connectivity index (χ3n) is 1.52. The summed E-state index contributed by atoms with van der Waals surface area (Å²) in [7, 11) is 0. The molecule has 0 aromatic heterocycles. The molecule has 0 aliphatic heterocycles. The Labute approximate surface area is 68.2 Å². The van der Waals surface area contributed by atoms with Gasteiger partial charge in [-0.05, 0) is 19.8 Å². The molecule has 2 nitrogen and oxygen atoms in total. The fourth-order valence-corrected chi connectivity index (χ4v) is 0.805. The average molecular weight is 156 g/mol. The standard InChI is InChI=1S/C9H16O2/c1-4-8(5-2)7-9(10)11-6-3/h7H,4-6H2,1-3H3. The molecule has 0 rings (SSSR count). The molecule has 0 bridgehead atoms. The molecule has 0 saturated carbocycles. The van der Waals surface area contributed by atoms with Gasteiger partial charge in [-0.25, -0.2) is 4.79 Å². The molecule has 0 fully saturated rings. The van der Waals surface area contributed by atoms with Crippen molar-refractivity contribution < 1.29 is 9.53 Å². The second-order valence-corrected chi connectivity index (χ2v) is 2.26. The van der Waals surface area contributed by atoms with Crippen LogP contribution in [0.2, 0.25) is 0 Å². The van der Waals surface area contributed by atoms with Crippen molar-refractivity contribution >= 4 is 5.97 Å². The van der Waals surface area contributed by atoms with E-state index < -0.39 is 0 Å². The number of rotatable bonds is 4. The first kappa shape index (κ1) is 10.2. The molecule has 0 amide bonds. The summed E-state index contributed by atoms with van der Waals surface area (Å²) < 4.78 is 4.76. The first-order chi connectivity index (χ1) is 5.24. The summed E-state index contributed by atoms with van der Waals surface area (Å²) in [6.07, 6.45) is 3.44. The maximum absolute atomic E-state index is 10.9. The molecule has 11 heavy (non-hydrogen) atoms. The van der Waals surface area contributed by atoms with E-state index in [0.717, 1.165) is 18.4 Å². The zero-order valence-electron chi connectivity index (χ0n) is 7.52. The molecular weight excluding hydrogens is 140 g/mol. The van der Waals surface area contributed by atoms with E-state index in [2.05, 4.69) is 0 Å². The van der Waals surface area contributed by atoms with E-state index in [1.165, 1.54) is 0 Å². The van der Waals surface area contributed by atoms with Crippen molar-refractivity contribution in [2.75, 3.05) is 6.61 Å². The minimum absolute atomic E-state index is 0.216. The molecule has 64 valence electrons. The molecule has 2 heteroatoms. The van der Waals surface area contributed by atoms with Crippen LogP contribution in [0.15, 0.2) is 11.6 Å². The van der Waals surface area contributed by atoms with Gasteiger partial charge in [-0.1, -0.05) is 19.4 Å². The Morgan fingerprint density at radius 2 is 1.82 bits per heavy atom. The van der Waals surface area contributed by atoms with Gasteiger partial charge < -0.3 is 4.74 Å². The van der Waals surface area contributed by atoms with Gasteiger partial charge in [0.1, 0.15) is 0 Å². The lowest BCUT2D eigenvalue weighted by molar-refractivity contribution is -0.137. The number of ether oxygens (including phenoxy) is 1. The predicted octanol–water partition coefficient (Wildman–Crippen LogP) is 2.30. The molecule has 0 N–H and O–H groups in total. The lowest BCUT2D eigenvalue weighted by Gasteiger charge is -1.99. The van der Waals surface area contributed by atoms with Gasteiger partial charge in [0, 0.05) is 6.08 Å². The zero-order chi connectivity index (χ0) is 8.69. The minimum atomic E-state index is -0.216. The first-order valence-electron chi connectivity index (χ1n) is 4.10. The normalized spacial score (nSPS) is 9.00. The Balaban J connectivity index is 3.93. The number of allylic oxidation sites excluding steroid dienone is 1. The second kappa shape index (κ2) is 5.96. The van der Waals surface area contributed by atoms with Gasteiger partial charge in [0.15, 0.2) is 0 Å². The van der Waals surface area contributed by atoms with E-state index in [0.29, 0.717) is 6.61 Å². The summed E-state index contributed by atoms with van der Waals surface area (Å²) in [5, 5.41) is 0. The monoisotopic (exact) mass is 156 g/mol. The summed E-state index contributed by atoms with van der Waals surface area (Å²) in [5.74, 6) is -0.216. The smallest absolute Gasteiger partial charge is 0.330 e. The van der Waals surface area contributed by atoms with Crippen LogP contribution in [0, 0.1) is 0 Å². The molecule has 0 saturated heterocycles. The van der Waals surface area contributed by atoms with E-state index in [1.54, 1.807) is 6.08 Å². The van der Waals surface area contributed by atoms with Gasteiger partial charge in [-0.2, -0.15) is 0 Å². The van der Waals surface area contributed by atoms with Crippen molar-refractivity contribution in [3.8, 4) is 0 Å². The summed E-state index contributed by atoms with van der Waals surface area (Å²) in [5.41, 5.74) is 1.14. The molecule has 0 aromatic rings. The van der Waals surface area contributed by atoms with E-state index in [-0.39, 0.29) is 5.97 Å². The third-order valence-corrected chi connectivity index (χ3v) is 1.52. The Morgan fingerprint density at radius 3 is 2.18 bits per heavy atom. The predicted molar refractivity (Wildman–Crippen MR) is 45.3 cm³/mol. The largest absolute Gasteiger partial charge is 0.463 e. The molecule has 0 aromatic carbocycles. The van der Waals surface area contributed by atoms with Gasteiger partial charge in [-0.15, -0.1) is 0 Å². The molecule has 0 heterocycles. The Morgan fingerprint density at radius 1 is 1.27 bits per heavy atom. The van der Waals surface area contributed by atoms with Crippen LogP contribution in [0.3, 0.4) is 0 Å². The highest BCUT2D eigenvalue weighted by molar-refractivity contribution is 5.82. The van der Waals surface area contributed by atoms with E-state index in [9.17, 15) is 4.79 Å². The first-order valence-corrected chi connectivity index (χ1v) is 4.10. The molecule has 0 unspecified atom stereocenters. The van der Waals surface area contributed by atoms with Gasteiger partial charge in [0.2, 0.25) is 0 Å². The van der Waals surface area contributed by atoms with Gasteiger partial charge >= 0.3 is 5.97 Å². The molecule has 0 aliphatic carbocycles. The number of carbonyl (C=O) groups excluding carboxylic acids is 1. The lowest BCUT2D eigenvalue weighted by atomic mass is 10.1. The highest BCUT2D eigenvalue weighted by Crippen LogP contribution is 2.04. The summed E-state index contributed by atoms with van der Waals surface area (Å²) in [4.78, 5) is 10.9. The van der Waals surface area contributed by atoms with E-state index >= 15 is 0 Å². The number of hydrogen-bond donors (Lipinski definition) is 0. The van der Waals surface area contributed by atoms with Crippen molar-refractivity contribution in [3.05, 3.63) is 11.6 Å². The van der Waals surface area contributed by atoms with Crippen molar-refractivity contribution in [2.24, 2.45) is 0 Å². The molecule has 0 radical (unpaired) electrons. The average Bonchev–Trinajstić information content (AvgIpc) is 2.01. The quantitative estimate of drug-likeness (QED) is 0.461. The highest BCUT2D eigenvalue weighted by Gasteiger charge is 1.97. The van der Waals surface area contributed by atoms with Crippen LogP contribution in [-0.2, 0) is 9.53 Å². The molecule has 0 atom stereocenters. The van der Waals surface area contributed by atoms with Crippen LogP contribution in [0.25, 0.3) is 0 Å². The third kappa shape index (κ3) is 4.59. The Bertz CT molecular complexity index is 142. The summed E-state index contributed by atoms with van der Waals surface area (Å²) >= 11 is 0. The molecule has 0 aliphatic rings. The molecule has 0 spiro atoms. The van der Waals surface area contributed by atoms with Crippen LogP contribution >= 0.6 is 0 Å².